The fourth-order valence-corrected chi connectivity index (χ4v) is 3.09. The van der Waals surface area contributed by atoms with Crippen molar-refractivity contribution in [3.63, 3.8) is 0 Å². The largest absolute Gasteiger partial charge is 0.392 e. The molecule has 0 spiro atoms. The van der Waals surface area contributed by atoms with Crippen LogP contribution in [0.5, 0.6) is 0 Å². The lowest BCUT2D eigenvalue weighted by molar-refractivity contribution is 0.172. The van der Waals surface area contributed by atoms with Crippen LogP contribution in [0.1, 0.15) is 12.0 Å². The maximum atomic E-state index is 12.0. The number of aliphatic hydroxyl groups is 1. The van der Waals surface area contributed by atoms with Gasteiger partial charge in [0, 0.05) is 31.4 Å². The lowest BCUT2D eigenvalue weighted by Crippen LogP contribution is -2.41. The van der Waals surface area contributed by atoms with E-state index < -0.39 is 0 Å². The third-order valence-corrected chi connectivity index (χ3v) is 4.26. The molecule has 0 bridgehead atoms. The second-order valence-corrected chi connectivity index (χ2v) is 6.16. The zero-order chi connectivity index (χ0) is 16.8. The van der Waals surface area contributed by atoms with Gasteiger partial charge in [0.2, 0.25) is 0 Å². The van der Waals surface area contributed by atoms with E-state index in [9.17, 15) is 9.90 Å². The van der Waals surface area contributed by atoms with E-state index >= 15 is 0 Å². The number of urea groups is 1. The molecular formula is C19H23N3O2. The first-order valence-corrected chi connectivity index (χ1v) is 8.26. The molecule has 3 N–H and O–H groups in total. The SMILES string of the molecule is O=C(NCC1CC(O)CN1Cc1ccccc1)Nc1ccccc1. The number of anilines is 1. The van der Waals surface area contributed by atoms with Crippen molar-refractivity contribution in [3.8, 4) is 0 Å². The number of benzene rings is 2. The number of aliphatic hydroxyl groups excluding tert-OH is 1. The third-order valence-electron chi connectivity index (χ3n) is 4.26. The number of carbonyl (C=O) groups excluding carboxylic acids is 1. The Balaban J connectivity index is 1.52. The van der Waals surface area contributed by atoms with Crippen molar-refractivity contribution in [2.75, 3.05) is 18.4 Å². The van der Waals surface area contributed by atoms with Crippen LogP contribution in [0.2, 0.25) is 0 Å². The highest BCUT2D eigenvalue weighted by atomic mass is 16.3. The Bertz CT molecular complexity index is 648. The molecular weight excluding hydrogens is 302 g/mol. The van der Waals surface area contributed by atoms with Gasteiger partial charge in [0.25, 0.3) is 0 Å². The van der Waals surface area contributed by atoms with E-state index in [4.69, 9.17) is 0 Å². The number of hydrogen-bond donors (Lipinski definition) is 3. The maximum Gasteiger partial charge on any atom is 0.319 e. The Labute approximate surface area is 142 Å². The lowest BCUT2D eigenvalue weighted by Gasteiger charge is -2.24. The van der Waals surface area contributed by atoms with Gasteiger partial charge in [-0.2, -0.15) is 0 Å². The van der Waals surface area contributed by atoms with E-state index in [0.29, 0.717) is 19.5 Å². The fourth-order valence-electron chi connectivity index (χ4n) is 3.09. The van der Waals surface area contributed by atoms with Crippen LogP contribution in [0.25, 0.3) is 0 Å². The van der Waals surface area contributed by atoms with Gasteiger partial charge in [-0.1, -0.05) is 48.5 Å². The normalized spacial score (nSPS) is 20.7. The molecule has 0 radical (unpaired) electrons. The third kappa shape index (κ3) is 4.57. The Morgan fingerprint density at radius 1 is 1.08 bits per heavy atom. The zero-order valence-corrected chi connectivity index (χ0v) is 13.6. The van der Waals surface area contributed by atoms with E-state index in [1.165, 1.54) is 5.56 Å². The molecule has 0 aliphatic carbocycles. The molecule has 0 saturated carbocycles. The molecule has 2 atom stereocenters. The first-order valence-electron chi connectivity index (χ1n) is 8.26. The van der Waals surface area contributed by atoms with Crippen molar-refractivity contribution in [2.24, 2.45) is 0 Å². The van der Waals surface area contributed by atoms with E-state index in [2.05, 4.69) is 27.7 Å². The lowest BCUT2D eigenvalue weighted by atomic mass is 10.1. The van der Waals surface area contributed by atoms with Gasteiger partial charge in [0.1, 0.15) is 0 Å². The molecule has 5 heteroatoms. The van der Waals surface area contributed by atoms with Crippen molar-refractivity contribution in [3.05, 3.63) is 66.2 Å². The van der Waals surface area contributed by atoms with Crippen LogP contribution in [0.15, 0.2) is 60.7 Å². The number of hydrogen-bond acceptors (Lipinski definition) is 3. The van der Waals surface area contributed by atoms with Gasteiger partial charge in [-0.05, 0) is 24.1 Å². The zero-order valence-electron chi connectivity index (χ0n) is 13.6. The Morgan fingerprint density at radius 2 is 1.75 bits per heavy atom. The van der Waals surface area contributed by atoms with Gasteiger partial charge in [-0.25, -0.2) is 4.79 Å². The number of nitrogens with zero attached hydrogens (tertiary/aromatic N) is 1. The van der Waals surface area contributed by atoms with Crippen LogP contribution in [0.4, 0.5) is 10.5 Å². The molecule has 1 saturated heterocycles. The molecule has 2 amide bonds. The van der Waals surface area contributed by atoms with Gasteiger partial charge in [-0.15, -0.1) is 0 Å². The van der Waals surface area contributed by atoms with Crippen LogP contribution in [-0.4, -0.2) is 41.3 Å². The summed E-state index contributed by atoms with van der Waals surface area (Å²) in [4.78, 5) is 14.2. The minimum absolute atomic E-state index is 0.140. The molecule has 1 aliphatic heterocycles. The summed E-state index contributed by atoms with van der Waals surface area (Å²) < 4.78 is 0. The van der Waals surface area contributed by atoms with Crippen LogP contribution >= 0.6 is 0 Å². The molecule has 24 heavy (non-hydrogen) atoms. The number of β-amino-alcohol motifs (C(OH)–C–C–N with tert-alkyl or cyclic N) is 1. The first kappa shape index (κ1) is 16.5. The van der Waals surface area contributed by atoms with Crippen LogP contribution < -0.4 is 10.6 Å². The quantitative estimate of drug-likeness (QED) is 0.791. The molecule has 1 heterocycles. The molecule has 3 rings (SSSR count). The molecule has 126 valence electrons. The maximum absolute atomic E-state index is 12.0. The average Bonchev–Trinajstić information content (AvgIpc) is 2.94. The predicted octanol–water partition coefficient (Wildman–Crippen LogP) is 2.44. The summed E-state index contributed by atoms with van der Waals surface area (Å²) in [6.45, 7) is 1.94. The summed E-state index contributed by atoms with van der Waals surface area (Å²) in [6, 6.07) is 19.5. The monoisotopic (exact) mass is 325 g/mol. The van der Waals surface area contributed by atoms with Crippen LogP contribution in [-0.2, 0) is 6.54 Å². The summed E-state index contributed by atoms with van der Waals surface area (Å²) in [6.07, 6.45) is 0.344. The Morgan fingerprint density at radius 3 is 2.46 bits per heavy atom. The molecule has 1 aliphatic rings. The number of nitrogens with one attached hydrogen (secondary N) is 2. The van der Waals surface area contributed by atoms with Gasteiger partial charge in [0.05, 0.1) is 6.10 Å². The van der Waals surface area contributed by atoms with E-state index in [0.717, 1.165) is 12.2 Å². The number of rotatable bonds is 5. The second-order valence-electron chi connectivity index (χ2n) is 6.16. The molecule has 2 aromatic rings. The summed E-state index contributed by atoms with van der Waals surface area (Å²) in [5.41, 5.74) is 1.98. The number of likely N-dealkylation sites (tertiary alicyclic amines) is 1. The van der Waals surface area contributed by atoms with E-state index in [1.807, 2.05) is 48.5 Å². The molecule has 2 aromatic carbocycles. The standard InChI is InChI=1S/C19H23N3O2/c23-18-11-17(22(14-18)13-15-7-3-1-4-8-15)12-20-19(24)21-16-9-5-2-6-10-16/h1-10,17-18,23H,11-14H2,(H2,20,21,24). The number of para-hydroxylation sites is 1. The van der Waals surface area contributed by atoms with Crippen molar-refractivity contribution >= 4 is 11.7 Å². The highest BCUT2D eigenvalue weighted by Gasteiger charge is 2.30. The Hall–Kier alpha value is -2.37. The molecule has 1 fully saturated rings. The van der Waals surface area contributed by atoms with Crippen LogP contribution in [0, 0.1) is 0 Å². The summed E-state index contributed by atoms with van der Waals surface area (Å²) in [5, 5.41) is 15.7. The van der Waals surface area contributed by atoms with Gasteiger partial charge in [0.15, 0.2) is 0 Å². The smallest absolute Gasteiger partial charge is 0.319 e. The van der Waals surface area contributed by atoms with Crippen molar-refractivity contribution in [1.82, 2.24) is 10.2 Å². The van der Waals surface area contributed by atoms with Crippen molar-refractivity contribution in [2.45, 2.75) is 25.1 Å². The minimum atomic E-state index is -0.335. The molecule has 5 nitrogen and oxygen atoms in total. The summed E-state index contributed by atoms with van der Waals surface area (Å²) >= 11 is 0. The minimum Gasteiger partial charge on any atom is -0.392 e. The summed E-state index contributed by atoms with van der Waals surface area (Å²) in [7, 11) is 0. The summed E-state index contributed by atoms with van der Waals surface area (Å²) in [5.74, 6) is 0. The topological polar surface area (TPSA) is 64.6 Å². The highest BCUT2D eigenvalue weighted by molar-refractivity contribution is 5.89. The van der Waals surface area contributed by atoms with Gasteiger partial charge in [-0.3, -0.25) is 4.90 Å². The van der Waals surface area contributed by atoms with Gasteiger partial charge >= 0.3 is 6.03 Å². The molecule has 0 aromatic heterocycles. The van der Waals surface area contributed by atoms with E-state index in [-0.39, 0.29) is 18.2 Å². The average molecular weight is 325 g/mol. The predicted molar refractivity (Wildman–Crippen MR) is 94.7 cm³/mol. The van der Waals surface area contributed by atoms with Crippen LogP contribution in [0.3, 0.4) is 0 Å². The number of carbonyl (C=O) groups is 1. The second kappa shape index (κ2) is 7.95. The fraction of sp³-hybridized carbons (Fsp3) is 0.316. The number of amides is 2. The highest BCUT2D eigenvalue weighted by Crippen LogP contribution is 2.20. The Kier molecular flexibility index (Phi) is 5.46. The van der Waals surface area contributed by atoms with E-state index in [1.54, 1.807) is 0 Å². The molecule has 2 unspecified atom stereocenters. The van der Waals surface area contributed by atoms with Crippen molar-refractivity contribution in [1.29, 1.82) is 0 Å². The van der Waals surface area contributed by atoms with Crippen molar-refractivity contribution < 1.29 is 9.90 Å². The van der Waals surface area contributed by atoms with Gasteiger partial charge < -0.3 is 15.7 Å². The first-order chi connectivity index (χ1) is 11.7.